The molecule has 1 heterocycles. The Balaban J connectivity index is 2.95. The van der Waals surface area contributed by atoms with Crippen LogP contribution in [0.5, 0.6) is 0 Å². The van der Waals surface area contributed by atoms with Crippen LogP contribution in [0.2, 0.25) is 0 Å². The van der Waals surface area contributed by atoms with Gasteiger partial charge in [-0.1, -0.05) is 37.3 Å². The first-order chi connectivity index (χ1) is 6.98. The van der Waals surface area contributed by atoms with Gasteiger partial charge in [0.15, 0.2) is 0 Å². The van der Waals surface area contributed by atoms with Crippen LogP contribution in [0.4, 0.5) is 0 Å². The third-order valence-corrected chi connectivity index (χ3v) is 5.75. The minimum Gasteiger partial charge on any atom is -0.344 e. The molecule has 0 spiro atoms. The number of thioether (sulfide) groups is 1. The van der Waals surface area contributed by atoms with Gasteiger partial charge in [0.05, 0.1) is 0 Å². The van der Waals surface area contributed by atoms with Gasteiger partial charge in [-0.2, -0.15) is 8.42 Å². The second-order valence-electron chi connectivity index (χ2n) is 3.17. The molecule has 0 aromatic carbocycles. The van der Waals surface area contributed by atoms with Crippen molar-refractivity contribution in [3.8, 4) is 0 Å². The van der Waals surface area contributed by atoms with E-state index in [4.69, 9.17) is 12.2 Å². The molecule has 7 heteroatoms. The Kier molecular flexibility index (Phi) is 4.16. The van der Waals surface area contributed by atoms with Crippen LogP contribution in [0.25, 0.3) is 0 Å². The third kappa shape index (κ3) is 2.35. The fourth-order valence-corrected chi connectivity index (χ4v) is 3.93. The van der Waals surface area contributed by atoms with E-state index in [-0.39, 0.29) is 0 Å². The highest BCUT2D eigenvalue weighted by molar-refractivity contribution is 8.16. The molecule has 0 saturated carbocycles. The zero-order valence-corrected chi connectivity index (χ0v) is 10.7. The first-order valence-electron chi connectivity index (χ1n) is 4.52. The summed E-state index contributed by atoms with van der Waals surface area (Å²) in [7, 11) is -4.23. The van der Waals surface area contributed by atoms with Crippen LogP contribution in [-0.4, -0.2) is 34.0 Å². The predicted octanol–water partition coefficient (Wildman–Crippen LogP) is 1.85. The molecule has 0 aromatic rings. The molecule has 0 aromatic heterocycles. The highest BCUT2D eigenvalue weighted by Crippen LogP contribution is 2.39. The SMILES string of the molecule is CCCCN1C=CSC1(C=S)S(=O)(=O)O. The lowest BCUT2D eigenvalue weighted by atomic mass is 10.3. The highest BCUT2D eigenvalue weighted by Gasteiger charge is 2.48. The largest absolute Gasteiger partial charge is 0.344 e. The Morgan fingerprint density at radius 2 is 2.33 bits per heavy atom. The van der Waals surface area contributed by atoms with Gasteiger partial charge in [-0.25, -0.2) is 0 Å². The Morgan fingerprint density at radius 1 is 1.67 bits per heavy atom. The first kappa shape index (κ1) is 13.0. The van der Waals surface area contributed by atoms with Crippen LogP contribution in [0.3, 0.4) is 0 Å². The average Bonchev–Trinajstić information content (AvgIpc) is 2.57. The molecule has 0 amide bonds. The number of hydrogen-bond donors (Lipinski definition) is 1. The van der Waals surface area contributed by atoms with Gasteiger partial charge in [0.25, 0.3) is 0 Å². The second kappa shape index (κ2) is 4.82. The van der Waals surface area contributed by atoms with Gasteiger partial charge in [0.2, 0.25) is 4.20 Å². The van der Waals surface area contributed by atoms with Crippen LogP contribution in [0, 0.1) is 0 Å². The smallest absolute Gasteiger partial charge is 0.304 e. The van der Waals surface area contributed by atoms with Crippen molar-refractivity contribution in [2.75, 3.05) is 6.54 Å². The molecule has 0 aliphatic carbocycles. The van der Waals surface area contributed by atoms with E-state index in [0.717, 1.165) is 30.0 Å². The van der Waals surface area contributed by atoms with E-state index in [0.29, 0.717) is 6.54 Å². The molecular weight excluding hydrogens is 254 g/mol. The molecule has 86 valence electrons. The Bertz CT molecular complexity index is 365. The van der Waals surface area contributed by atoms with Gasteiger partial charge < -0.3 is 4.90 Å². The molecule has 1 unspecified atom stereocenters. The summed E-state index contributed by atoms with van der Waals surface area (Å²) in [5.74, 6) is 0. The van der Waals surface area contributed by atoms with Crippen molar-refractivity contribution in [2.45, 2.75) is 24.0 Å². The van der Waals surface area contributed by atoms with Gasteiger partial charge in [-0.15, -0.1) is 0 Å². The number of nitrogens with zero attached hydrogens (tertiary/aromatic N) is 1. The predicted molar refractivity (Wildman–Crippen MR) is 66.3 cm³/mol. The molecule has 1 atom stereocenters. The number of thiocarbonyl (C=S) groups is 1. The van der Waals surface area contributed by atoms with E-state index >= 15 is 0 Å². The van der Waals surface area contributed by atoms with Gasteiger partial charge in [-0.05, 0) is 11.8 Å². The van der Waals surface area contributed by atoms with Crippen molar-refractivity contribution in [2.24, 2.45) is 0 Å². The molecule has 0 bridgehead atoms. The van der Waals surface area contributed by atoms with E-state index in [9.17, 15) is 13.0 Å². The zero-order chi connectivity index (χ0) is 11.5. The molecule has 0 saturated heterocycles. The Morgan fingerprint density at radius 3 is 2.80 bits per heavy atom. The number of rotatable bonds is 5. The minimum atomic E-state index is -4.23. The third-order valence-electron chi connectivity index (χ3n) is 2.15. The Hall–Kier alpha value is -0.110. The molecule has 1 aliphatic heterocycles. The lowest BCUT2D eigenvalue weighted by molar-refractivity contribution is 0.346. The van der Waals surface area contributed by atoms with E-state index < -0.39 is 14.3 Å². The monoisotopic (exact) mass is 267 g/mol. The van der Waals surface area contributed by atoms with E-state index in [2.05, 4.69) is 0 Å². The molecule has 4 nitrogen and oxygen atoms in total. The minimum absolute atomic E-state index is 0.562. The maximum atomic E-state index is 11.3. The van der Waals surface area contributed by atoms with Gasteiger partial charge >= 0.3 is 10.1 Å². The maximum absolute atomic E-state index is 11.3. The average molecular weight is 267 g/mol. The number of hydrogen-bond acceptors (Lipinski definition) is 5. The van der Waals surface area contributed by atoms with E-state index in [1.165, 1.54) is 0 Å². The summed E-state index contributed by atoms with van der Waals surface area (Å²) in [5, 5.41) is 2.73. The van der Waals surface area contributed by atoms with Crippen molar-refractivity contribution >= 4 is 39.5 Å². The molecule has 1 aliphatic rings. The maximum Gasteiger partial charge on any atom is 0.304 e. The molecule has 1 rings (SSSR count). The Labute approximate surface area is 99.5 Å². The summed E-state index contributed by atoms with van der Waals surface area (Å²) >= 11 is 5.74. The first-order valence-corrected chi connectivity index (χ1v) is 7.31. The topological polar surface area (TPSA) is 57.6 Å². The van der Waals surface area contributed by atoms with Crippen LogP contribution < -0.4 is 0 Å². The zero-order valence-electron chi connectivity index (χ0n) is 8.29. The molecule has 0 radical (unpaired) electrons. The highest BCUT2D eigenvalue weighted by atomic mass is 32.3. The molecule has 0 fully saturated rings. The van der Waals surface area contributed by atoms with Crippen LogP contribution >= 0.6 is 24.0 Å². The summed E-state index contributed by atoms with van der Waals surface area (Å²) in [5.41, 5.74) is 0. The normalized spacial score (nSPS) is 25.9. The van der Waals surface area contributed by atoms with E-state index in [1.807, 2.05) is 6.92 Å². The van der Waals surface area contributed by atoms with Gasteiger partial charge in [-0.3, -0.25) is 4.55 Å². The van der Waals surface area contributed by atoms with Crippen molar-refractivity contribution in [1.29, 1.82) is 0 Å². The van der Waals surface area contributed by atoms with Gasteiger partial charge in [0.1, 0.15) is 0 Å². The van der Waals surface area contributed by atoms with Crippen molar-refractivity contribution < 1.29 is 13.0 Å². The summed E-state index contributed by atoms with van der Waals surface area (Å²) in [6, 6.07) is 0. The summed E-state index contributed by atoms with van der Waals surface area (Å²) in [6.07, 6.45) is 3.45. The fraction of sp³-hybridized carbons (Fsp3) is 0.625. The molecule has 1 N–H and O–H groups in total. The standard InChI is InChI=1S/C8H13NO3S3/c1-2-3-4-9-5-6-14-8(9,7-13)15(10,11)12/h5-7H,2-4H2,1H3,(H,10,11,12). The lowest BCUT2D eigenvalue weighted by Crippen LogP contribution is -2.48. The second-order valence-corrected chi connectivity index (χ2v) is 6.37. The quantitative estimate of drug-likeness (QED) is 0.606. The fourth-order valence-electron chi connectivity index (χ4n) is 1.30. The van der Waals surface area contributed by atoms with Gasteiger partial charge in [0, 0.05) is 18.1 Å². The molecular formula is C8H13NO3S3. The summed E-state index contributed by atoms with van der Waals surface area (Å²) in [4.78, 5) is 1.56. The summed E-state index contributed by atoms with van der Waals surface area (Å²) < 4.78 is 30.3. The van der Waals surface area contributed by atoms with Crippen LogP contribution in [0.1, 0.15) is 19.8 Å². The van der Waals surface area contributed by atoms with E-state index in [1.54, 1.807) is 16.5 Å². The van der Waals surface area contributed by atoms with Crippen molar-refractivity contribution in [3.05, 3.63) is 11.6 Å². The molecule has 15 heavy (non-hydrogen) atoms. The van der Waals surface area contributed by atoms with Crippen molar-refractivity contribution in [3.63, 3.8) is 0 Å². The van der Waals surface area contributed by atoms with Crippen molar-refractivity contribution in [1.82, 2.24) is 4.90 Å². The van der Waals surface area contributed by atoms with Crippen LogP contribution in [0.15, 0.2) is 11.6 Å². The lowest BCUT2D eigenvalue weighted by Gasteiger charge is -2.31. The summed E-state index contributed by atoms with van der Waals surface area (Å²) in [6.45, 7) is 2.58. The number of unbranched alkanes of at least 4 members (excludes halogenated alkanes) is 1. The van der Waals surface area contributed by atoms with Crippen LogP contribution in [-0.2, 0) is 10.1 Å².